The summed E-state index contributed by atoms with van der Waals surface area (Å²) in [7, 11) is 6.96. The second kappa shape index (κ2) is 13.2. The molecule has 3 unspecified atom stereocenters. The lowest BCUT2D eigenvalue weighted by Crippen LogP contribution is -2.53. The third-order valence-corrected chi connectivity index (χ3v) is 11.8. The number of nitriles is 1. The van der Waals surface area contributed by atoms with E-state index >= 15 is 17.6 Å². The molecule has 3 fully saturated rings. The van der Waals surface area contributed by atoms with Crippen molar-refractivity contribution in [2.24, 2.45) is 5.92 Å². The number of likely N-dealkylation sites (tertiary alicyclic amines) is 1. The van der Waals surface area contributed by atoms with Crippen LogP contribution in [0, 0.1) is 28.9 Å². The summed E-state index contributed by atoms with van der Waals surface area (Å²) in [5.41, 5.74) is 0.383. The molecule has 0 spiro atoms. The molecule has 2 radical (unpaired) electrons. The van der Waals surface area contributed by atoms with Crippen molar-refractivity contribution in [1.29, 1.82) is 5.26 Å². The monoisotopic (exact) mass is 755 g/mol. The summed E-state index contributed by atoms with van der Waals surface area (Å²) in [5, 5.41) is 9.14. The summed E-state index contributed by atoms with van der Waals surface area (Å²) < 4.78 is 98.2. The van der Waals surface area contributed by atoms with Crippen LogP contribution in [0.3, 0.4) is 0 Å². The maximum Gasteiger partial charge on any atom is 0.417 e. The summed E-state index contributed by atoms with van der Waals surface area (Å²) in [4.78, 5) is 27.0. The van der Waals surface area contributed by atoms with Crippen LogP contribution < -0.4 is 15.4 Å². The highest BCUT2D eigenvalue weighted by atomic mass is 32.1. The summed E-state index contributed by atoms with van der Waals surface area (Å²) in [6.45, 7) is 6.44. The van der Waals surface area contributed by atoms with Crippen LogP contribution in [0.5, 0.6) is 6.01 Å². The Balaban J connectivity index is 1.46. The highest BCUT2D eigenvalue weighted by Crippen LogP contribution is 2.49. The molecule has 17 heteroatoms. The first-order valence-electron chi connectivity index (χ1n) is 17.4. The highest BCUT2D eigenvalue weighted by Gasteiger charge is 2.50. The normalized spacial score (nSPS) is 23.3. The van der Waals surface area contributed by atoms with Crippen LogP contribution in [0.2, 0.25) is 0 Å². The Morgan fingerprint density at radius 1 is 1.25 bits per heavy atom. The number of aromatic nitrogens is 2. The van der Waals surface area contributed by atoms with Crippen LogP contribution >= 0.6 is 11.3 Å². The molecule has 1 amide bonds. The van der Waals surface area contributed by atoms with Crippen molar-refractivity contribution in [1.82, 2.24) is 19.8 Å². The molecule has 0 bridgehead atoms. The number of rotatable bonds is 8. The lowest BCUT2D eigenvalue weighted by atomic mass is 9.75. The number of alkyl halides is 4. The zero-order chi connectivity index (χ0) is 38.2. The number of thiophene rings is 1. The molecule has 7 rings (SSSR count). The van der Waals surface area contributed by atoms with E-state index in [1.165, 1.54) is 4.90 Å². The number of benzene rings is 2. The lowest BCUT2D eigenvalue weighted by molar-refractivity contribution is -0.137. The Hall–Kier alpha value is -4.30. The average Bonchev–Trinajstić information content (AvgIpc) is 3.85. The largest absolute Gasteiger partial charge is 0.461 e. The second-order valence-electron chi connectivity index (χ2n) is 14.5. The molecule has 0 saturated carbocycles. The predicted octanol–water partition coefficient (Wildman–Crippen LogP) is 6.80. The Morgan fingerprint density at radius 2 is 2.00 bits per heavy atom. The minimum atomic E-state index is -5.16. The third kappa shape index (κ3) is 6.11. The number of fused-ring (bicyclic) bond motifs is 3. The molecular weight excluding hydrogens is 719 g/mol. The molecule has 2 aromatic heterocycles. The first kappa shape index (κ1) is 37.0. The number of nitrogen functional groups attached to an aromatic ring is 1. The van der Waals surface area contributed by atoms with Crippen molar-refractivity contribution in [3.8, 4) is 23.2 Å². The van der Waals surface area contributed by atoms with Crippen LogP contribution in [-0.2, 0) is 11.0 Å². The number of hydrogen-bond acceptors (Lipinski definition) is 9. The number of carbonyl (C=O) groups is 1. The summed E-state index contributed by atoms with van der Waals surface area (Å²) >= 11 is 0.668. The van der Waals surface area contributed by atoms with E-state index in [-0.39, 0.29) is 95.3 Å². The second-order valence-corrected chi connectivity index (χ2v) is 15.5. The maximum absolute atomic E-state index is 17.3. The fraction of sp³-hybridized carbons (Fsp3) is 0.500. The van der Waals surface area contributed by atoms with Gasteiger partial charge >= 0.3 is 12.2 Å². The van der Waals surface area contributed by atoms with Gasteiger partial charge in [-0.25, -0.2) is 13.2 Å². The smallest absolute Gasteiger partial charge is 0.417 e. The topological polar surface area (TPSA) is 112 Å². The van der Waals surface area contributed by atoms with Crippen LogP contribution in [0.15, 0.2) is 18.2 Å². The van der Waals surface area contributed by atoms with Gasteiger partial charge in [0.2, 0.25) is 5.91 Å². The summed E-state index contributed by atoms with van der Waals surface area (Å²) in [6.07, 6.45) is -4.34. The van der Waals surface area contributed by atoms with E-state index < -0.39 is 57.2 Å². The van der Waals surface area contributed by atoms with E-state index in [1.807, 2.05) is 11.0 Å². The number of likely N-dealkylation sites (N-methyl/N-ethyl adjacent to an activating group) is 1. The van der Waals surface area contributed by atoms with Gasteiger partial charge in [-0.15, -0.1) is 11.3 Å². The molecule has 278 valence electrons. The van der Waals surface area contributed by atoms with Gasteiger partial charge < -0.3 is 20.3 Å². The number of nitrogens with two attached hydrogens (primary N) is 1. The molecule has 4 aromatic rings. The fourth-order valence-corrected chi connectivity index (χ4v) is 9.32. The van der Waals surface area contributed by atoms with Crippen molar-refractivity contribution in [3.05, 3.63) is 41.0 Å². The average molecular weight is 756 g/mol. The van der Waals surface area contributed by atoms with Gasteiger partial charge in [0.25, 0.3) is 0 Å². The minimum absolute atomic E-state index is 0.0201. The number of ether oxygens (including phenoxy) is 1. The van der Waals surface area contributed by atoms with Crippen molar-refractivity contribution in [3.63, 3.8) is 0 Å². The maximum atomic E-state index is 17.3. The standard InChI is InChI=1S/C36H36BF6N7O2S/c1-4-50(35(37)9-11-48(16-35)32(51)18(2)3)31-21-12-23(36(41,42)43)26(20-6-7-24(39)29-25(20)22(14-44)30(45)53-29)27(40)28(21)46-33(47-31)52-17-34-8-5-10-49(34)15-19(38)13-34/h6-7,12,18-19H,4-5,8-11,13,15-17,45H2,1-3H3. The van der Waals surface area contributed by atoms with Crippen LogP contribution in [-0.4, -0.2) is 90.0 Å². The van der Waals surface area contributed by atoms with E-state index in [2.05, 4.69) is 9.97 Å². The van der Waals surface area contributed by atoms with Gasteiger partial charge in [0.05, 0.1) is 21.4 Å². The Kier molecular flexibility index (Phi) is 9.24. The van der Waals surface area contributed by atoms with Crippen molar-refractivity contribution < 1.29 is 35.9 Å². The van der Waals surface area contributed by atoms with Gasteiger partial charge in [-0.2, -0.15) is 28.4 Å². The number of anilines is 2. The minimum Gasteiger partial charge on any atom is -0.461 e. The molecule has 9 nitrogen and oxygen atoms in total. The van der Waals surface area contributed by atoms with E-state index in [0.717, 1.165) is 24.6 Å². The first-order valence-corrected chi connectivity index (χ1v) is 18.2. The number of amides is 1. The molecular formula is C36H36BF6N7O2S. The third-order valence-electron chi connectivity index (χ3n) is 10.8. The lowest BCUT2D eigenvalue weighted by Gasteiger charge is -2.40. The molecule has 3 aliphatic rings. The molecule has 0 aliphatic carbocycles. The number of halogens is 6. The summed E-state index contributed by atoms with van der Waals surface area (Å²) in [6, 6.07) is 4.06. The molecule has 53 heavy (non-hydrogen) atoms. The quantitative estimate of drug-likeness (QED) is 0.155. The van der Waals surface area contributed by atoms with Gasteiger partial charge in [0, 0.05) is 60.3 Å². The predicted molar refractivity (Wildman–Crippen MR) is 190 cm³/mol. The van der Waals surface area contributed by atoms with E-state index in [1.54, 1.807) is 25.7 Å². The van der Waals surface area contributed by atoms with Crippen LogP contribution in [0.4, 0.5) is 37.2 Å². The first-order chi connectivity index (χ1) is 25.0. The summed E-state index contributed by atoms with van der Waals surface area (Å²) in [5.74, 6) is -2.89. The molecule has 3 aliphatic heterocycles. The van der Waals surface area contributed by atoms with Crippen molar-refractivity contribution in [2.45, 2.75) is 69.8 Å². The molecule has 2 N–H and O–H groups in total. The van der Waals surface area contributed by atoms with Gasteiger partial charge in [-0.1, -0.05) is 19.9 Å². The van der Waals surface area contributed by atoms with Gasteiger partial charge in [-0.05, 0) is 50.4 Å². The highest BCUT2D eigenvalue weighted by molar-refractivity contribution is 7.23. The Labute approximate surface area is 307 Å². The number of carbonyl (C=O) groups excluding carboxylic acids is 1. The number of nitrogens with zero attached hydrogens (tertiary/aromatic N) is 6. The molecule has 5 heterocycles. The van der Waals surface area contributed by atoms with Crippen LogP contribution in [0.1, 0.15) is 57.6 Å². The Morgan fingerprint density at radius 3 is 2.68 bits per heavy atom. The zero-order valence-electron chi connectivity index (χ0n) is 29.3. The van der Waals surface area contributed by atoms with E-state index in [4.69, 9.17) is 18.3 Å². The van der Waals surface area contributed by atoms with Crippen molar-refractivity contribution >= 4 is 56.9 Å². The van der Waals surface area contributed by atoms with Gasteiger partial charge in [0.1, 0.15) is 48.8 Å². The van der Waals surface area contributed by atoms with E-state index in [0.29, 0.717) is 24.3 Å². The zero-order valence-corrected chi connectivity index (χ0v) is 30.1. The van der Waals surface area contributed by atoms with Gasteiger partial charge in [-0.3, -0.25) is 9.69 Å². The van der Waals surface area contributed by atoms with E-state index in [9.17, 15) is 18.8 Å². The molecule has 3 atom stereocenters. The molecule has 2 aromatic carbocycles. The Bertz CT molecular complexity index is 2180. The SMILES string of the molecule is [B]C1(N(CC)c2nc(OCC34CCCN3CC(F)C4)nc3c(F)c(-c4ccc(F)c5sc(N)c(C#N)c45)c(C(F)(F)F)cc23)CCN(C(=O)C(C)C)C1. The van der Waals surface area contributed by atoms with Crippen LogP contribution in [0.25, 0.3) is 32.1 Å². The van der Waals surface area contributed by atoms with Crippen molar-refractivity contribution in [2.75, 3.05) is 50.0 Å². The fourth-order valence-electron chi connectivity index (χ4n) is 8.37. The molecule has 3 saturated heterocycles. The van der Waals surface area contributed by atoms with Gasteiger partial charge in [0.15, 0.2) is 5.82 Å². The number of hydrogen-bond donors (Lipinski definition) is 1.